The van der Waals surface area contributed by atoms with E-state index in [2.05, 4.69) is 20.5 Å². The summed E-state index contributed by atoms with van der Waals surface area (Å²) in [7, 11) is 1.58. The quantitative estimate of drug-likeness (QED) is 0.593. The van der Waals surface area contributed by atoms with Crippen LogP contribution in [-0.4, -0.2) is 69.0 Å². The first-order chi connectivity index (χ1) is 11.0. The summed E-state index contributed by atoms with van der Waals surface area (Å²) >= 11 is 0. The second-order valence-corrected chi connectivity index (χ2v) is 6.25. The Labute approximate surface area is 135 Å². The van der Waals surface area contributed by atoms with Crippen molar-refractivity contribution in [3.63, 3.8) is 0 Å². The molecule has 0 spiro atoms. The monoisotopic (exact) mass is 336 g/mol. The van der Waals surface area contributed by atoms with Gasteiger partial charge in [-0.25, -0.2) is 0 Å². The average Bonchev–Trinajstić information content (AvgIpc) is 3.05. The zero-order valence-electron chi connectivity index (χ0n) is 13.7. The lowest BCUT2D eigenvalue weighted by Crippen LogP contribution is -2.58. The van der Waals surface area contributed by atoms with E-state index in [0.717, 1.165) is 39.1 Å². The van der Waals surface area contributed by atoms with Crippen LogP contribution in [0.25, 0.3) is 0 Å². The molecule has 8 heteroatoms. The normalized spacial score (nSPS) is 23.0. The van der Waals surface area contributed by atoms with Crippen molar-refractivity contribution >= 4 is 5.96 Å². The van der Waals surface area contributed by atoms with Crippen molar-refractivity contribution < 1.29 is 17.9 Å². The molecule has 0 aromatic rings. The minimum atomic E-state index is -4.15. The zero-order valence-corrected chi connectivity index (χ0v) is 13.7. The van der Waals surface area contributed by atoms with E-state index in [-0.39, 0.29) is 12.1 Å². The number of hydrogen-bond acceptors (Lipinski definition) is 3. The van der Waals surface area contributed by atoms with Gasteiger partial charge >= 0.3 is 6.18 Å². The average molecular weight is 336 g/mol. The summed E-state index contributed by atoms with van der Waals surface area (Å²) in [5.41, 5.74) is 0.0242. The van der Waals surface area contributed by atoms with Gasteiger partial charge in [0.25, 0.3) is 0 Å². The molecular formula is C15H27F3N4O. The SMILES string of the molecule is CN=C(NCCC(F)(F)F)NCC1(N2CCCC2)CCOCC1. The van der Waals surface area contributed by atoms with Crippen LogP contribution in [0.2, 0.25) is 0 Å². The van der Waals surface area contributed by atoms with Gasteiger partial charge in [-0.3, -0.25) is 9.89 Å². The second-order valence-electron chi connectivity index (χ2n) is 6.25. The maximum absolute atomic E-state index is 12.2. The molecule has 0 radical (unpaired) electrons. The van der Waals surface area contributed by atoms with E-state index in [0.29, 0.717) is 12.5 Å². The molecule has 2 rings (SSSR count). The van der Waals surface area contributed by atoms with Crippen LogP contribution < -0.4 is 10.6 Å². The minimum absolute atomic E-state index is 0.0242. The number of guanidine groups is 1. The van der Waals surface area contributed by atoms with Crippen molar-refractivity contribution in [2.75, 3.05) is 46.4 Å². The van der Waals surface area contributed by atoms with Crippen LogP contribution in [-0.2, 0) is 4.74 Å². The van der Waals surface area contributed by atoms with Gasteiger partial charge in [-0.15, -0.1) is 0 Å². The summed E-state index contributed by atoms with van der Waals surface area (Å²) < 4.78 is 42.2. The molecular weight excluding hydrogens is 309 g/mol. The molecule has 2 aliphatic rings. The van der Waals surface area contributed by atoms with E-state index < -0.39 is 12.6 Å². The predicted octanol–water partition coefficient (Wildman–Crippen LogP) is 1.75. The van der Waals surface area contributed by atoms with Gasteiger partial charge in [-0.2, -0.15) is 13.2 Å². The van der Waals surface area contributed by atoms with Gasteiger partial charge in [-0.05, 0) is 38.8 Å². The highest BCUT2D eigenvalue weighted by molar-refractivity contribution is 5.79. The third-order valence-electron chi connectivity index (χ3n) is 4.71. The highest BCUT2D eigenvalue weighted by Gasteiger charge is 2.39. The summed E-state index contributed by atoms with van der Waals surface area (Å²) in [4.78, 5) is 6.53. The Morgan fingerprint density at radius 2 is 1.83 bits per heavy atom. The second kappa shape index (κ2) is 8.19. The molecule has 134 valence electrons. The van der Waals surface area contributed by atoms with Gasteiger partial charge in [0.1, 0.15) is 0 Å². The molecule has 0 aromatic carbocycles. The zero-order chi connectivity index (χ0) is 16.8. The largest absolute Gasteiger partial charge is 0.390 e. The highest BCUT2D eigenvalue weighted by atomic mass is 19.4. The number of aliphatic imine (C=N–C) groups is 1. The molecule has 0 aromatic heterocycles. The van der Waals surface area contributed by atoms with Gasteiger partial charge in [0.15, 0.2) is 5.96 Å². The number of rotatable bonds is 5. The van der Waals surface area contributed by atoms with Crippen molar-refractivity contribution in [2.24, 2.45) is 4.99 Å². The first-order valence-corrected chi connectivity index (χ1v) is 8.29. The van der Waals surface area contributed by atoms with Crippen LogP contribution in [0, 0.1) is 0 Å². The topological polar surface area (TPSA) is 48.9 Å². The van der Waals surface area contributed by atoms with Crippen LogP contribution in [0.3, 0.4) is 0 Å². The Hall–Kier alpha value is -1.02. The molecule has 2 aliphatic heterocycles. The summed E-state index contributed by atoms with van der Waals surface area (Å²) in [5, 5.41) is 5.96. The lowest BCUT2D eigenvalue weighted by molar-refractivity contribution is -0.132. The van der Waals surface area contributed by atoms with E-state index in [4.69, 9.17) is 4.74 Å². The molecule has 0 amide bonds. The molecule has 0 saturated carbocycles. The van der Waals surface area contributed by atoms with Gasteiger partial charge in [0, 0.05) is 38.9 Å². The number of ether oxygens (including phenoxy) is 1. The van der Waals surface area contributed by atoms with Crippen LogP contribution in [0.4, 0.5) is 13.2 Å². The molecule has 5 nitrogen and oxygen atoms in total. The Kier molecular flexibility index (Phi) is 6.52. The summed E-state index contributed by atoms with van der Waals surface area (Å²) in [6.45, 7) is 4.16. The highest BCUT2D eigenvalue weighted by Crippen LogP contribution is 2.30. The maximum Gasteiger partial charge on any atom is 0.390 e. The van der Waals surface area contributed by atoms with Crippen LogP contribution >= 0.6 is 0 Å². The molecule has 0 bridgehead atoms. The third-order valence-corrected chi connectivity index (χ3v) is 4.71. The van der Waals surface area contributed by atoms with Crippen molar-refractivity contribution in [1.82, 2.24) is 15.5 Å². The van der Waals surface area contributed by atoms with Gasteiger partial charge in [-0.1, -0.05) is 0 Å². The summed E-state index contributed by atoms with van der Waals surface area (Å²) in [6, 6.07) is 0. The van der Waals surface area contributed by atoms with Crippen molar-refractivity contribution in [2.45, 2.75) is 43.8 Å². The number of halogens is 3. The van der Waals surface area contributed by atoms with Crippen molar-refractivity contribution in [3.8, 4) is 0 Å². The number of alkyl halides is 3. The van der Waals surface area contributed by atoms with E-state index in [1.54, 1.807) is 7.05 Å². The summed E-state index contributed by atoms with van der Waals surface area (Å²) in [5.74, 6) is 0.430. The maximum atomic E-state index is 12.2. The first kappa shape index (κ1) is 18.3. The lowest BCUT2D eigenvalue weighted by atomic mass is 9.88. The smallest absolute Gasteiger partial charge is 0.381 e. The molecule has 0 unspecified atom stereocenters. The van der Waals surface area contributed by atoms with Crippen LogP contribution in [0.5, 0.6) is 0 Å². The third kappa shape index (κ3) is 5.53. The molecule has 2 N–H and O–H groups in total. The fourth-order valence-electron chi connectivity index (χ4n) is 3.34. The fourth-order valence-corrected chi connectivity index (χ4v) is 3.34. The molecule has 0 aliphatic carbocycles. The standard InChI is InChI=1S/C15H27F3N4O/c1-19-13(20-7-4-15(16,17)18)21-12-14(5-10-23-11-6-14)22-8-2-3-9-22/h2-12H2,1H3,(H2,19,20,21). The number of nitrogens with one attached hydrogen (secondary N) is 2. The Bertz CT molecular complexity index is 389. The van der Waals surface area contributed by atoms with E-state index >= 15 is 0 Å². The van der Waals surface area contributed by atoms with Gasteiger partial charge in [0.2, 0.25) is 0 Å². The Morgan fingerprint density at radius 1 is 1.17 bits per heavy atom. The number of nitrogens with zero attached hydrogens (tertiary/aromatic N) is 2. The van der Waals surface area contributed by atoms with Crippen molar-refractivity contribution in [1.29, 1.82) is 0 Å². The number of likely N-dealkylation sites (tertiary alicyclic amines) is 1. The molecule has 2 saturated heterocycles. The minimum Gasteiger partial charge on any atom is -0.381 e. The lowest BCUT2D eigenvalue weighted by Gasteiger charge is -2.45. The van der Waals surface area contributed by atoms with Gasteiger partial charge in [0.05, 0.1) is 6.42 Å². The number of hydrogen-bond donors (Lipinski definition) is 2. The van der Waals surface area contributed by atoms with E-state index in [1.165, 1.54) is 12.8 Å². The molecule has 2 heterocycles. The summed E-state index contributed by atoms with van der Waals surface area (Å²) in [6.07, 6.45) is -0.705. The van der Waals surface area contributed by atoms with Crippen molar-refractivity contribution in [3.05, 3.63) is 0 Å². The fraction of sp³-hybridized carbons (Fsp3) is 0.933. The first-order valence-electron chi connectivity index (χ1n) is 8.29. The predicted molar refractivity (Wildman–Crippen MR) is 83.6 cm³/mol. The Morgan fingerprint density at radius 3 is 2.39 bits per heavy atom. The molecule has 2 fully saturated rings. The van der Waals surface area contributed by atoms with E-state index in [9.17, 15) is 13.2 Å². The van der Waals surface area contributed by atoms with E-state index in [1.807, 2.05) is 0 Å². The molecule has 0 atom stereocenters. The Balaban J connectivity index is 1.86. The van der Waals surface area contributed by atoms with Gasteiger partial charge < -0.3 is 15.4 Å². The van der Waals surface area contributed by atoms with Crippen LogP contribution in [0.15, 0.2) is 4.99 Å². The van der Waals surface area contributed by atoms with Crippen LogP contribution in [0.1, 0.15) is 32.1 Å². The molecule has 23 heavy (non-hydrogen) atoms.